The first kappa shape index (κ1) is 23.7. The number of nitrogens with two attached hydrogens (primary N) is 2. The number of aryl methyl sites for hydroxylation is 1. The van der Waals surface area contributed by atoms with Crippen molar-refractivity contribution in [2.24, 2.45) is 5.73 Å². The number of H-pyrrole nitrogens is 1. The van der Waals surface area contributed by atoms with E-state index in [2.05, 4.69) is 20.2 Å². The van der Waals surface area contributed by atoms with Crippen LogP contribution < -0.4 is 17.0 Å². The maximum Gasteiger partial charge on any atom is 0.271 e. The standard InChI is InChI=1S/C17H14ClNO.C8H8N6O/c1-2-13-11-12-7-6-10-15(18)16(12)17(20)19(13)14-8-4-3-5-9-14;9-7-6(8(10)15)14-5(3-11-7)4-1-12-13-2-4/h3-11H,2H2,1H3;1-3H,(H2,9,11)(H2,10,15)(H,12,13). The number of hydrogen-bond acceptors (Lipinski definition) is 6. The van der Waals surface area contributed by atoms with Gasteiger partial charge in [0.25, 0.3) is 11.5 Å². The van der Waals surface area contributed by atoms with Crippen LogP contribution in [0.5, 0.6) is 0 Å². The van der Waals surface area contributed by atoms with Gasteiger partial charge in [-0.25, -0.2) is 9.97 Å². The Morgan fingerprint density at radius 2 is 1.89 bits per heavy atom. The molecule has 0 aliphatic rings. The summed E-state index contributed by atoms with van der Waals surface area (Å²) in [6.45, 7) is 2.05. The summed E-state index contributed by atoms with van der Waals surface area (Å²) in [6.07, 6.45) is 5.43. The number of nitrogens with zero attached hydrogens (tertiary/aromatic N) is 4. The lowest BCUT2D eigenvalue weighted by atomic mass is 10.1. The molecule has 5 rings (SSSR count). The third kappa shape index (κ3) is 4.90. The molecular formula is C25H22ClN7O2. The summed E-state index contributed by atoms with van der Waals surface area (Å²) < 4.78 is 1.74. The number of amides is 1. The van der Waals surface area contributed by atoms with Crippen LogP contribution in [0.4, 0.5) is 5.82 Å². The lowest BCUT2D eigenvalue weighted by Crippen LogP contribution is -2.22. The number of aromatic amines is 1. The highest BCUT2D eigenvalue weighted by Gasteiger charge is 2.13. The minimum absolute atomic E-state index is 0.0229. The minimum atomic E-state index is -0.703. The number of rotatable bonds is 4. The fourth-order valence-electron chi connectivity index (χ4n) is 3.60. The second kappa shape index (κ2) is 10.2. The van der Waals surface area contributed by atoms with Crippen molar-refractivity contribution in [1.29, 1.82) is 0 Å². The lowest BCUT2D eigenvalue weighted by Gasteiger charge is -2.14. The Hall–Kier alpha value is -4.50. The Labute approximate surface area is 205 Å². The minimum Gasteiger partial charge on any atom is -0.382 e. The normalized spacial score (nSPS) is 10.6. The summed E-state index contributed by atoms with van der Waals surface area (Å²) >= 11 is 6.20. The van der Waals surface area contributed by atoms with E-state index in [4.69, 9.17) is 23.1 Å². The van der Waals surface area contributed by atoms with Gasteiger partial charge in [0.05, 0.1) is 28.5 Å². The summed E-state index contributed by atoms with van der Waals surface area (Å²) in [7, 11) is 0. The van der Waals surface area contributed by atoms with Gasteiger partial charge < -0.3 is 11.5 Å². The molecule has 35 heavy (non-hydrogen) atoms. The quantitative estimate of drug-likeness (QED) is 0.352. The van der Waals surface area contributed by atoms with Crippen LogP contribution in [0.15, 0.2) is 78.0 Å². The van der Waals surface area contributed by atoms with E-state index in [9.17, 15) is 9.59 Å². The van der Waals surface area contributed by atoms with Crippen molar-refractivity contribution in [3.63, 3.8) is 0 Å². The molecule has 176 valence electrons. The molecule has 5 N–H and O–H groups in total. The number of nitrogens with one attached hydrogen (secondary N) is 1. The molecule has 0 unspecified atom stereocenters. The zero-order valence-corrected chi connectivity index (χ0v) is 19.5. The molecule has 0 radical (unpaired) electrons. The first-order valence-corrected chi connectivity index (χ1v) is 11.1. The van der Waals surface area contributed by atoms with Crippen LogP contribution in [0.25, 0.3) is 27.7 Å². The summed E-state index contributed by atoms with van der Waals surface area (Å²) in [6, 6.07) is 17.3. The molecule has 9 nitrogen and oxygen atoms in total. The topological polar surface area (TPSA) is 146 Å². The van der Waals surface area contributed by atoms with Crippen LogP contribution in [-0.4, -0.2) is 30.6 Å². The maximum absolute atomic E-state index is 12.8. The Morgan fingerprint density at radius 1 is 1.11 bits per heavy atom. The number of para-hydroxylation sites is 1. The third-order valence-corrected chi connectivity index (χ3v) is 5.59. The fraction of sp³-hybridized carbons (Fsp3) is 0.0800. The van der Waals surface area contributed by atoms with Crippen molar-refractivity contribution in [3.8, 4) is 16.9 Å². The lowest BCUT2D eigenvalue weighted by molar-refractivity contribution is 0.0996. The molecule has 0 saturated heterocycles. The first-order valence-electron chi connectivity index (χ1n) is 10.7. The number of halogens is 1. The number of nitrogen functional groups attached to an aromatic ring is 1. The molecule has 5 aromatic rings. The van der Waals surface area contributed by atoms with Gasteiger partial charge in [-0.3, -0.25) is 19.3 Å². The van der Waals surface area contributed by atoms with Crippen LogP contribution in [0, 0.1) is 0 Å². The number of carbonyl (C=O) groups is 1. The van der Waals surface area contributed by atoms with Gasteiger partial charge in [-0.2, -0.15) is 5.10 Å². The van der Waals surface area contributed by atoms with Crippen molar-refractivity contribution in [3.05, 3.63) is 100.0 Å². The average Bonchev–Trinajstić information content (AvgIpc) is 3.40. The number of fused-ring (bicyclic) bond motifs is 1. The number of carbonyl (C=O) groups excluding carboxylic acids is 1. The van der Waals surface area contributed by atoms with E-state index in [1.54, 1.807) is 23.0 Å². The SMILES string of the molecule is CCc1cc2cccc(Cl)c2c(=O)n1-c1ccccc1.NC(=O)c1nc(-c2cn[nH]c2)cnc1N. The van der Waals surface area contributed by atoms with Crippen LogP contribution in [0.3, 0.4) is 0 Å². The zero-order chi connectivity index (χ0) is 24.9. The molecule has 0 aliphatic heterocycles. The molecule has 0 atom stereocenters. The summed E-state index contributed by atoms with van der Waals surface area (Å²) in [5.41, 5.74) is 13.5. The van der Waals surface area contributed by atoms with Crippen molar-refractivity contribution in [2.75, 3.05) is 5.73 Å². The summed E-state index contributed by atoms with van der Waals surface area (Å²) in [4.78, 5) is 31.6. The molecule has 0 aliphatic carbocycles. The molecule has 0 saturated carbocycles. The van der Waals surface area contributed by atoms with Crippen molar-refractivity contribution >= 4 is 34.1 Å². The predicted molar refractivity (Wildman–Crippen MR) is 136 cm³/mol. The van der Waals surface area contributed by atoms with Gasteiger partial charge in [-0.1, -0.05) is 48.9 Å². The molecule has 1 amide bonds. The maximum atomic E-state index is 12.8. The van der Waals surface area contributed by atoms with Gasteiger partial charge in [-0.05, 0) is 36.1 Å². The highest BCUT2D eigenvalue weighted by molar-refractivity contribution is 6.35. The molecule has 0 spiro atoms. The van der Waals surface area contributed by atoms with Crippen LogP contribution >= 0.6 is 11.6 Å². The molecule has 0 bridgehead atoms. The van der Waals surface area contributed by atoms with Gasteiger partial charge in [0.15, 0.2) is 11.5 Å². The Balaban J connectivity index is 0.000000172. The molecule has 3 aromatic heterocycles. The molecular weight excluding hydrogens is 466 g/mol. The largest absolute Gasteiger partial charge is 0.382 e. The van der Waals surface area contributed by atoms with E-state index in [1.807, 2.05) is 55.5 Å². The third-order valence-electron chi connectivity index (χ3n) is 5.28. The number of hydrogen-bond donors (Lipinski definition) is 3. The average molecular weight is 488 g/mol. The van der Waals surface area contributed by atoms with E-state index < -0.39 is 5.91 Å². The van der Waals surface area contributed by atoms with Gasteiger partial charge in [0.2, 0.25) is 0 Å². The Morgan fingerprint density at radius 3 is 2.54 bits per heavy atom. The van der Waals surface area contributed by atoms with Gasteiger partial charge in [0, 0.05) is 23.1 Å². The van der Waals surface area contributed by atoms with Gasteiger partial charge >= 0.3 is 0 Å². The van der Waals surface area contributed by atoms with Crippen LogP contribution in [0.1, 0.15) is 23.1 Å². The van der Waals surface area contributed by atoms with E-state index in [0.717, 1.165) is 23.2 Å². The van der Waals surface area contributed by atoms with E-state index >= 15 is 0 Å². The van der Waals surface area contributed by atoms with Crippen molar-refractivity contribution < 1.29 is 4.79 Å². The molecule has 10 heteroatoms. The van der Waals surface area contributed by atoms with Crippen molar-refractivity contribution in [1.82, 2.24) is 24.7 Å². The zero-order valence-electron chi connectivity index (χ0n) is 18.8. The number of anilines is 1. The number of primary amides is 1. The predicted octanol–water partition coefficient (Wildman–Crippen LogP) is 3.75. The van der Waals surface area contributed by atoms with Crippen LogP contribution in [0.2, 0.25) is 5.02 Å². The second-order valence-electron chi connectivity index (χ2n) is 7.51. The Kier molecular flexibility index (Phi) is 6.88. The molecule has 2 aromatic carbocycles. The first-order chi connectivity index (χ1) is 16.9. The highest BCUT2D eigenvalue weighted by Crippen LogP contribution is 2.23. The molecule has 0 fully saturated rings. The second-order valence-corrected chi connectivity index (χ2v) is 7.92. The monoisotopic (exact) mass is 487 g/mol. The Bertz CT molecular complexity index is 1550. The van der Waals surface area contributed by atoms with E-state index in [1.165, 1.54) is 6.20 Å². The van der Waals surface area contributed by atoms with E-state index in [0.29, 0.717) is 21.7 Å². The smallest absolute Gasteiger partial charge is 0.271 e. The van der Waals surface area contributed by atoms with Gasteiger partial charge in [0.1, 0.15) is 0 Å². The summed E-state index contributed by atoms with van der Waals surface area (Å²) in [5, 5.41) is 8.36. The summed E-state index contributed by atoms with van der Waals surface area (Å²) in [5.74, 6) is -0.680. The fourth-order valence-corrected chi connectivity index (χ4v) is 3.87. The van der Waals surface area contributed by atoms with Gasteiger partial charge in [-0.15, -0.1) is 0 Å². The highest BCUT2D eigenvalue weighted by atomic mass is 35.5. The molecule has 3 heterocycles. The van der Waals surface area contributed by atoms with Crippen LogP contribution in [-0.2, 0) is 6.42 Å². The number of pyridine rings is 1. The van der Waals surface area contributed by atoms with E-state index in [-0.39, 0.29) is 17.1 Å². The number of benzene rings is 2. The number of aromatic nitrogens is 5. The van der Waals surface area contributed by atoms with Crippen molar-refractivity contribution in [2.45, 2.75) is 13.3 Å².